The van der Waals surface area contributed by atoms with Crippen LogP contribution in [0.2, 0.25) is 0 Å². The molecule has 1 fully saturated rings. The Kier molecular flexibility index (Phi) is 10.7. The van der Waals surface area contributed by atoms with E-state index in [9.17, 15) is 9.90 Å². The van der Waals surface area contributed by atoms with Gasteiger partial charge < -0.3 is 33.5 Å². The van der Waals surface area contributed by atoms with Crippen molar-refractivity contribution in [2.45, 2.75) is 56.8 Å². The molecule has 190 valence electrons. The lowest BCUT2D eigenvalue weighted by molar-refractivity contribution is -0.310. The molecule has 2 aromatic rings. The van der Waals surface area contributed by atoms with Crippen LogP contribution in [0.1, 0.15) is 24.0 Å². The van der Waals surface area contributed by atoms with E-state index in [1.54, 1.807) is 13.2 Å². The van der Waals surface area contributed by atoms with Crippen LogP contribution in [0.25, 0.3) is 0 Å². The third-order valence-corrected chi connectivity index (χ3v) is 5.67. The molecule has 1 saturated heterocycles. The summed E-state index contributed by atoms with van der Waals surface area (Å²) >= 11 is 0. The van der Waals surface area contributed by atoms with Gasteiger partial charge in [0.25, 0.3) is 0 Å². The smallest absolute Gasteiger partial charge is 0.337 e. The third-order valence-electron chi connectivity index (χ3n) is 5.67. The van der Waals surface area contributed by atoms with Crippen molar-refractivity contribution in [2.75, 3.05) is 20.8 Å². The average Bonchev–Trinajstić information content (AvgIpc) is 2.90. The van der Waals surface area contributed by atoms with Crippen LogP contribution in [0.5, 0.6) is 5.75 Å². The highest BCUT2D eigenvalue weighted by Gasteiger charge is 2.50. The minimum atomic E-state index is -1.19. The first kappa shape index (κ1) is 26.8. The Bertz CT molecular complexity index is 901. The Labute approximate surface area is 206 Å². The number of hydrogen-bond acceptors (Lipinski definition) is 8. The second-order valence-corrected chi connectivity index (χ2v) is 8.13. The Morgan fingerprint density at radius 2 is 1.63 bits per heavy atom. The fourth-order valence-electron chi connectivity index (χ4n) is 3.75. The van der Waals surface area contributed by atoms with Crippen LogP contribution in [-0.2, 0) is 41.7 Å². The van der Waals surface area contributed by atoms with E-state index < -0.39 is 36.7 Å². The molecule has 3 rings (SSSR count). The van der Waals surface area contributed by atoms with Gasteiger partial charge in [-0.3, -0.25) is 0 Å². The monoisotopic (exact) mass is 486 g/mol. The van der Waals surface area contributed by atoms with E-state index in [0.29, 0.717) is 13.0 Å². The predicted molar refractivity (Wildman–Crippen MR) is 129 cm³/mol. The highest BCUT2D eigenvalue weighted by atomic mass is 16.7. The fourth-order valence-corrected chi connectivity index (χ4v) is 3.75. The molecule has 0 bridgehead atoms. The normalized spacial score (nSPS) is 24.0. The number of ether oxygens (including phenoxy) is 6. The summed E-state index contributed by atoms with van der Waals surface area (Å²) < 4.78 is 34.0. The maximum Gasteiger partial charge on any atom is 0.337 e. The second-order valence-electron chi connectivity index (χ2n) is 8.13. The van der Waals surface area contributed by atoms with Gasteiger partial charge in [-0.2, -0.15) is 0 Å². The fraction of sp³-hybridized carbons (Fsp3) is 0.444. The summed E-state index contributed by atoms with van der Waals surface area (Å²) in [6.45, 7) is 4.39. The van der Waals surface area contributed by atoms with E-state index in [-0.39, 0.29) is 13.2 Å². The van der Waals surface area contributed by atoms with Gasteiger partial charge in [0.2, 0.25) is 0 Å². The van der Waals surface area contributed by atoms with Gasteiger partial charge in [-0.25, -0.2) is 4.79 Å². The number of aliphatic hydroxyl groups excluding tert-OH is 1. The zero-order chi connectivity index (χ0) is 25.0. The molecule has 0 saturated carbocycles. The number of benzene rings is 2. The second kappa shape index (κ2) is 14.0. The molecule has 8 nitrogen and oxygen atoms in total. The number of carbonyl (C=O) groups is 1. The molecule has 35 heavy (non-hydrogen) atoms. The summed E-state index contributed by atoms with van der Waals surface area (Å²) in [7, 11) is 2.87. The largest absolute Gasteiger partial charge is 0.497 e. The Hall–Kier alpha value is -2.75. The molecule has 2 aromatic carbocycles. The van der Waals surface area contributed by atoms with Gasteiger partial charge in [-0.05, 0) is 36.1 Å². The van der Waals surface area contributed by atoms with E-state index >= 15 is 0 Å². The summed E-state index contributed by atoms with van der Waals surface area (Å²) in [5.74, 6) is 0.0859. The van der Waals surface area contributed by atoms with Gasteiger partial charge in [-0.15, -0.1) is 6.58 Å². The number of allylic oxidation sites excluding steroid dienone is 1. The van der Waals surface area contributed by atoms with Gasteiger partial charge in [0.05, 0.1) is 34.0 Å². The SMILES string of the molecule is C=CCCCO[C@@H]1O[C@H](C(=O)OC)[C@@H](OCc2ccc(OC)cc2)[C@H](OCc2ccccc2)[C@H]1O. The molecular formula is C27H34O8. The molecule has 1 heterocycles. The molecule has 0 radical (unpaired) electrons. The Morgan fingerprint density at radius 3 is 2.26 bits per heavy atom. The van der Waals surface area contributed by atoms with E-state index in [1.165, 1.54) is 7.11 Å². The van der Waals surface area contributed by atoms with Gasteiger partial charge in [0.15, 0.2) is 12.4 Å². The van der Waals surface area contributed by atoms with Crippen LogP contribution >= 0.6 is 0 Å². The van der Waals surface area contributed by atoms with Crippen molar-refractivity contribution >= 4 is 5.97 Å². The van der Waals surface area contributed by atoms with Crippen LogP contribution in [-0.4, -0.2) is 62.6 Å². The maximum atomic E-state index is 12.7. The lowest BCUT2D eigenvalue weighted by Gasteiger charge is -2.43. The van der Waals surface area contributed by atoms with Crippen LogP contribution in [0.15, 0.2) is 67.3 Å². The number of esters is 1. The van der Waals surface area contributed by atoms with E-state index in [4.69, 9.17) is 28.4 Å². The lowest BCUT2D eigenvalue weighted by Crippen LogP contribution is -2.62. The zero-order valence-electron chi connectivity index (χ0n) is 20.2. The van der Waals surface area contributed by atoms with Crippen molar-refractivity contribution in [1.82, 2.24) is 0 Å². The summed E-state index contributed by atoms with van der Waals surface area (Å²) in [6.07, 6.45) is -2.02. The first-order valence-electron chi connectivity index (χ1n) is 11.6. The number of carbonyl (C=O) groups excluding carboxylic acids is 1. The molecule has 0 aliphatic carbocycles. The quantitative estimate of drug-likeness (QED) is 0.262. The molecule has 0 aromatic heterocycles. The maximum absolute atomic E-state index is 12.7. The highest BCUT2D eigenvalue weighted by molar-refractivity contribution is 5.75. The molecule has 1 N–H and O–H groups in total. The van der Waals surface area contributed by atoms with E-state index in [0.717, 1.165) is 23.3 Å². The van der Waals surface area contributed by atoms with Gasteiger partial charge in [-0.1, -0.05) is 48.5 Å². The van der Waals surface area contributed by atoms with Crippen molar-refractivity contribution < 1.29 is 38.3 Å². The number of unbranched alkanes of at least 4 members (excludes halogenated alkanes) is 1. The summed E-state index contributed by atoms with van der Waals surface area (Å²) in [5, 5.41) is 11.1. The lowest BCUT2D eigenvalue weighted by atomic mass is 9.98. The molecule has 0 spiro atoms. The van der Waals surface area contributed by atoms with Crippen LogP contribution < -0.4 is 4.74 Å². The van der Waals surface area contributed by atoms with Crippen LogP contribution in [0, 0.1) is 0 Å². The molecule has 1 aliphatic rings. The first-order chi connectivity index (χ1) is 17.1. The predicted octanol–water partition coefficient (Wildman–Crippen LogP) is 3.41. The molecule has 5 atom stereocenters. The number of rotatable bonds is 13. The topological polar surface area (TPSA) is 92.7 Å². The molecule has 8 heteroatoms. The summed E-state index contributed by atoms with van der Waals surface area (Å²) in [4.78, 5) is 12.7. The van der Waals surface area contributed by atoms with Crippen molar-refractivity contribution in [2.24, 2.45) is 0 Å². The summed E-state index contributed by atoms with van der Waals surface area (Å²) in [5.41, 5.74) is 1.77. The number of hydrogen-bond donors (Lipinski definition) is 1. The Morgan fingerprint density at radius 1 is 0.971 bits per heavy atom. The minimum Gasteiger partial charge on any atom is -0.497 e. The minimum absolute atomic E-state index is 0.161. The van der Waals surface area contributed by atoms with Crippen molar-refractivity contribution in [3.8, 4) is 5.75 Å². The van der Waals surface area contributed by atoms with Crippen molar-refractivity contribution in [3.63, 3.8) is 0 Å². The van der Waals surface area contributed by atoms with Crippen LogP contribution in [0.3, 0.4) is 0 Å². The van der Waals surface area contributed by atoms with Crippen molar-refractivity contribution in [3.05, 3.63) is 78.4 Å². The Balaban J connectivity index is 1.79. The number of aliphatic hydroxyl groups is 1. The van der Waals surface area contributed by atoms with E-state index in [2.05, 4.69) is 6.58 Å². The first-order valence-corrected chi connectivity index (χ1v) is 11.6. The summed E-state index contributed by atoms with van der Waals surface area (Å²) in [6, 6.07) is 16.9. The standard InChI is InChI=1S/C27H34O8/c1-4-5-9-16-32-27-22(28)23(33-17-19-10-7-6-8-11-19)24(25(35-27)26(29)31-3)34-18-20-12-14-21(30-2)15-13-20/h4,6-8,10-15,22-25,27-28H,1,5,9,16-18H2,2-3H3/t22-,23-,24+,25+,27-/m1/s1. The third kappa shape index (κ3) is 7.62. The zero-order valence-corrected chi connectivity index (χ0v) is 20.2. The van der Waals surface area contributed by atoms with Crippen molar-refractivity contribution in [1.29, 1.82) is 0 Å². The molecule has 0 unspecified atom stereocenters. The van der Waals surface area contributed by atoms with Crippen LogP contribution in [0.4, 0.5) is 0 Å². The molecule has 0 amide bonds. The average molecular weight is 487 g/mol. The molecular weight excluding hydrogens is 452 g/mol. The van der Waals surface area contributed by atoms with Gasteiger partial charge in [0, 0.05) is 0 Å². The number of methoxy groups -OCH3 is 2. The molecule has 1 aliphatic heterocycles. The van der Waals surface area contributed by atoms with E-state index in [1.807, 2.05) is 54.6 Å². The highest BCUT2D eigenvalue weighted by Crippen LogP contribution is 2.29. The van der Waals surface area contributed by atoms with Gasteiger partial charge in [0.1, 0.15) is 24.1 Å². The van der Waals surface area contributed by atoms with Gasteiger partial charge >= 0.3 is 5.97 Å².